The van der Waals surface area contributed by atoms with E-state index in [1.165, 1.54) is 24.6 Å². The topological polar surface area (TPSA) is 0 Å². The molecule has 0 amide bonds. The highest BCUT2D eigenvalue weighted by Gasteiger charge is 2.70. The summed E-state index contributed by atoms with van der Waals surface area (Å²) in [5.41, 5.74) is 1.37. The maximum Gasteiger partial charge on any atom is 0.00704 e. The number of hydrogen-bond donors (Lipinski definition) is 0. The number of rotatable bonds is 2. The van der Waals surface area contributed by atoms with Gasteiger partial charge in [-0.25, -0.2) is 0 Å². The standard InChI is InChI=1S/C14H23Br/c1-13(2)12(9-15)14(13)7-3-4-11(8-14)10-5-6-10/h10-12H,3-9H2,1-2H3. The lowest BCUT2D eigenvalue weighted by atomic mass is 9.73. The molecule has 0 radical (unpaired) electrons. The Kier molecular flexibility index (Phi) is 2.30. The van der Waals surface area contributed by atoms with E-state index in [2.05, 4.69) is 29.8 Å². The van der Waals surface area contributed by atoms with Crippen LogP contribution in [0.3, 0.4) is 0 Å². The van der Waals surface area contributed by atoms with Crippen LogP contribution >= 0.6 is 15.9 Å². The van der Waals surface area contributed by atoms with Gasteiger partial charge in [0.15, 0.2) is 0 Å². The van der Waals surface area contributed by atoms with Gasteiger partial charge in [0, 0.05) is 5.33 Å². The van der Waals surface area contributed by atoms with Crippen LogP contribution in [-0.4, -0.2) is 5.33 Å². The van der Waals surface area contributed by atoms with Gasteiger partial charge in [-0.05, 0) is 54.3 Å². The fourth-order valence-corrected chi connectivity index (χ4v) is 6.06. The summed E-state index contributed by atoms with van der Waals surface area (Å²) in [6.45, 7) is 5.02. The summed E-state index contributed by atoms with van der Waals surface area (Å²) in [4.78, 5) is 0. The van der Waals surface area contributed by atoms with Crippen molar-refractivity contribution in [2.45, 2.75) is 52.4 Å². The van der Waals surface area contributed by atoms with Crippen molar-refractivity contribution < 1.29 is 0 Å². The molecule has 0 nitrogen and oxygen atoms in total. The monoisotopic (exact) mass is 270 g/mol. The van der Waals surface area contributed by atoms with Gasteiger partial charge in [0.2, 0.25) is 0 Å². The van der Waals surface area contributed by atoms with Crippen molar-refractivity contribution in [3.8, 4) is 0 Å². The zero-order chi connectivity index (χ0) is 10.7. The van der Waals surface area contributed by atoms with Gasteiger partial charge in [0.1, 0.15) is 0 Å². The Labute approximate surface area is 102 Å². The molecule has 0 aliphatic heterocycles. The van der Waals surface area contributed by atoms with E-state index in [4.69, 9.17) is 0 Å². The largest absolute Gasteiger partial charge is 0.0925 e. The minimum atomic E-state index is 0.629. The molecule has 0 aromatic carbocycles. The highest BCUT2D eigenvalue weighted by molar-refractivity contribution is 9.09. The molecule has 0 heterocycles. The van der Waals surface area contributed by atoms with Gasteiger partial charge in [-0.15, -0.1) is 0 Å². The quantitative estimate of drug-likeness (QED) is 0.643. The van der Waals surface area contributed by atoms with Crippen molar-refractivity contribution in [3.05, 3.63) is 0 Å². The molecular formula is C14H23Br. The summed E-state index contributed by atoms with van der Waals surface area (Å²) < 4.78 is 0. The minimum Gasteiger partial charge on any atom is -0.0925 e. The Balaban J connectivity index is 1.76. The third kappa shape index (κ3) is 1.38. The maximum atomic E-state index is 3.73. The van der Waals surface area contributed by atoms with Gasteiger partial charge < -0.3 is 0 Å². The predicted molar refractivity (Wildman–Crippen MR) is 68.2 cm³/mol. The third-order valence-electron chi connectivity index (χ3n) is 6.01. The normalized spacial score (nSPS) is 48.2. The highest BCUT2D eigenvalue weighted by atomic mass is 79.9. The van der Waals surface area contributed by atoms with Gasteiger partial charge in [0.25, 0.3) is 0 Å². The zero-order valence-corrected chi connectivity index (χ0v) is 11.6. The van der Waals surface area contributed by atoms with Crippen molar-refractivity contribution in [3.63, 3.8) is 0 Å². The predicted octanol–water partition coefficient (Wildman–Crippen LogP) is 4.62. The number of alkyl halides is 1. The molecular weight excluding hydrogens is 248 g/mol. The third-order valence-corrected chi connectivity index (χ3v) is 6.65. The van der Waals surface area contributed by atoms with Gasteiger partial charge in [-0.2, -0.15) is 0 Å². The van der Waals surface area contributed by atoms with Crippen LogP contribution in [0.25, 0.3) is 0 Å². The zero-order valence-electron chi connectivity index (χ0n) is 10.1. The molecule has 3 aliphatic carbocycles. The lowest BCUT2D eigenvalue weighted by molar-refractivity contribution is 0.183. The summed E-state index contributed by atoms with van der Waals surface area (Å²) in [7, 11) is 0. The van der Waals surface area contributed by atoms with E-state index in [0.717, 1.165) is 23.2 Å². The molecule has 1 heteroatoms. The van der Waals surface area contributed by atoms with Crippen LogP contribution in [0.4, 0.5) is 0 Å². The lowest BCUT2D eigenvalue weighted by Crippen LogP contribution is -2.22. The summed E-state index contributed by atoms with van der Waals surface area (Å²) in [6.07, 6.45) is 9.20. The Morgan fingerprint density at radius 1 is 1.13 bits per heavy atom. The Bertz CT molecular complexity index is 267. The first kappa shape index (κ1) is 10.6. The average Bonchev–Trinajstić information content (AvgIpc) is 3.07. The van der Waals surface area contributed by atoms with Crippen LogP contribution in [-0.2, 0) is 0 Å². The fraction of sp³-hybridized carbons (Fsp3) is 1.00. The van der Waals surface area contributed by atoms with Gasteiger partial charge >= 0.3 is 0 Å². The van der Waals surface area contributed by atoms with Crippen LogP contribution in [0.1, 0.15) is 52.4 Å². The van der Waals surface area contributed by atoms with Crippen molar-refractivity contribution in [1.29, 1.82) is 0 Å². The average molecular weight is 271 g/mol. The SMILES string of the molecule is CC1(C)C(CBr)C12CCCC(C1CC1)C2. The molecule has 3 saturated carbocycles. The summed E-state index contributed by atoms with van der Waals surface area (Å²) >= 11 is 3.73. The second-order valence-corrected chi connectivity index (χ2v) is 7.43. The van der Waals surface area contributed by atoms with E-state index in [1.54, 1.807) is 19.3 Å². The van der Waals surface area contributed by atoms with Crippen molar-refractivity contribution in [2.75, 3.05) is 5.33 Å². The molecule has 3 aliphatic rings. The van der Waals surface area contributed by atoms with Crippen LogP contribution < -0.4 is 0 Å². The second-order valence-electron chi connectivity index (χ2n) is 6.78. The summed E-state index contributed by atoms with van der Waals surface area (Å²) in [5, 5.41) is 1.23. The van der Waals surface area contributed by atoms with Crippen molar-refractivity contribution in [2.24, 2.45) is 28.6 Å². The molecule has 3 atom stereocenters. The van der Waals surface area contributed by atoms with Gasteiger partial charge in [-0.3, -0.25) is 0 Å². The molecule has 3 rings (SSSR count). The van der Waals surface area contributed by atoms with Gasteiger partial charge in [0.05, 0.1) is 0 Å². The minimum absolute atomic E-state index is 0.629. The molecule has 3 fully saturated rings. The molecule has 0 N–H and O–H groups in total. The molecule has 0 bridgehead atoms. The number of halogens is 1. The smallest absolute Gasteiger partial charge is 0.00704 e. The maximum absolute atomic E-state index is 3.73. The molecule has 0 saturated heterocycles. The molecule has 86 valence electrons. The van der Waals surface area contributed by atoms with Crippen molar-refractivity contribution >= 4 is 15.9 Å². The molecule has 0 aromatic heterocycles. The van der Waals surface area contributed by atoms with E-state index >= 15 is 0 Å². The summed E-state index contributed by atoms with van der Waals surface area (Å²) in [6, 6.07) is 0. The Morgan fingerprint density at radius 2 is 1.87 bits per heavy atom. The molecule has 15 heavy (non-hydrogen) atoms. The van der Waals surface area contributed by atoms with Crippen LogP contribution in [0, 0.1) is 28.6 Å². The van der Waals surface area contributed by atoms with E-state index in [0.29, 0.717) is 5.41 Å². The van der Waals surface area contributed by atoms with E-state index in [1.807, 2.05) is 0 Å². The van der Waals surface area contributed by atoms with Crippen LogP contribution in [0.15, 0.2) is 0 Å². The van der Waals surface area contributed by atoms with E-state index in [9.17, 15) is 0 Å². The second kappa shape index (κ2) is 3.24. The molecule has 3 unspecified atom stereocenters. The lowest BCUT2D eigenvalue weighted by Gasteiger charge is -2.32. The fourth-order valence-electron chi connectivity index (χ4n) is 4.63. The van der Waals surface area contributed by atoms with Gasteiger partial charge in [-0.1, -0.05) is 42.6 Å². The van der Waals surface area contributed by atoms with E-state index < -0.39 is 0 Å². The Hall–Kier alpha value is 0.480. The number of hydrogen-bond acceptors (Lipinski definition) is 0. The summed E-state index contributed by atoms with van der Waals surface area (Å²) in [5.74, 6) is 3.20. The first-order valence-corrected chi connectivity index (χ1v) is 7.80. The van der Waals surface area contributed by atoms with Crippen LogP contribution in [0.2, 0.25) is 0 Å². The molecule has 0 aromatic rings. The first-order chi connectivity index (χ1) is 7.12. The Morgan fingerprint density at radius 3 is 2.40 bits per heavy atom. The molecule has 1 spiro atoms. The first-order valence-electron chi connectivity index (χ1n) is 6.68. The van der Waals surface area contributed by atoms with E-state index in [-0.39, 0.29) is 0 Å². The highest BCUT2D eigenvalue weighted by Crippen LogP contribution is 2.76. The van der Waals surface area contributed by atoms with Crippen LogP contribution in [0.5, 0.6) is 0 Å². The van der Waals surface area contributed by atoms with Crippen molar-refractivity contribution in [1.82, 2.24) is 0 Å².